The Balaban J connectivity index is 1.91. The van der Waals surface area contributed by atoms with Gasteiger partial charge in [0.2, 0.25) is 0 Å². The van der Waals surface area contributed by atoms with Gasteiger partial charge >= 0.3 is 11.9 Å². The van der Waals surface area contributed by atoms with E-state index in [0.717, 1.165) is 4.88 Å². The van der Waals surface area contributed by atoms with Gasteiger partial charge in [0.25, 0.3) is 0 Å². The van der Waals surface area contributed by atoms with Crippen molar-refractivity contribution in [1.82, 2.24) is 5.32 Å². The molecule has 0 bridgehead atoms. The molecule has 1 atom stereocenters. The van der Waals surface area contributed by atoms with Gasteiger partial charge < -0.3 is 14.8 Å². The molecule has 0 aliphatic carbocycles. The number of nitrogens with zero attached hydrogens (tertiary/aromatic N) is 1. The molecule has 2 heterocycles. The van der Waals surface area contributed by atoms with Crippen LogP contribution in [0.15, 0.2) is 70.4 Å². The predicted molar refractivity (Wildman–Crippen MR) is 128 cm³/mol. The second-order valence-corrected chi connectivity index (χ2v) is 8.67. The molecule has 0 fully saturated rings. The van der Waals surface area contributed by atoms with E-state index in [2.05, 4.69) is 5.32 Å². The summed E-state index contributed by atoms with van der Waals surface area (Å²) in [6, 6.07) is 12.8. The summed E-state index contributed by atoms with van der Waals surface area (Å²) < 4.78 is 10.8. The number of rotatable bonds is 8. The SMILES string of the molecule is CC1=C(C(=O)OC/C=C/c2cccs2)C(c2cccc(Cl)c2)C(C(=O)OCCC#N)=C(C)N1. The summed E-state index contributed by atoms with van der Waals surface area (Å²) in [5, 5.41) is 14.3. The predicted octanol–water partition coefficient (Wildman–Crippen LogP) is 5.35. The van der Waals surface area contributed by atoms with Crippen molar-refractivity contribution >= 4 is 41.0 Å². The zero-order chi connectivity index (χ0) is 23.8. The van der Waals surface area contributed by atoms with Gasteiger partial charge in [-0.3, -0.25) is 0 Å². The van der Waals surface area contributed by atoms with E-state index in [1.165, 1.54) is 0 Å². The number of nitrogens with one attached hydrogen (secondary N) is 1. The normalized spacial score (nSPS) is 15.9. The van der Waals surface area contributed by atoms with Crippen molar-refractivity contribution in [2.75, 3.05) is 13.2 Å². The molecule has 0 saturated carbocycles. The number of hydrogen-bond donors (Lipinski definition) is 1. The fraction of sp³-hybridized carbons (Fsp3) is 0.240. The lowest BCUT2D eigenvalue weighted by atomic mass is 9.80. The largest absolute Gasteiger partial charge is 0.461 e. The smallest absolute Gasteiger partial charge is 0.337 e. The van der Waals surface area contributed by atoms with E-state index in [-0.39, 0.29) is 25.2 Å². The van der Waals surface area contributed by atoms with E-state index in [1.807, 2.05) is 29.7 Å². The van der Waals surface area contributed by atoms with Gasteiger partial charge in [0.15, 0.2) is 0 Å². The van der Waals surface area contributed by atoms with Crippen LogP contribution in [-0.2, 0) is 19.1 Å². The van der Waals surface area contributed by atoms with Crippen molar-refractivity contribution in [1.29, 1.82) is 5.26 Å². The zero-order valence-electron chi connectivity index (χ0n) is 18.3. The standard InChI is InChI=1S/C25H23ClN2O4S/c1-16-21(24(29)31-12-4-9-20-10-5-14-33-20)23(18-7-3-8-19(26)15-18)22(17(2)28-16)25(30)32-13-6-11-27/h3-5,7-10,14-15,23,28H,6,12-13H2,1-2H3/b9-4+. The molecule has 8 heteroatoms. The van der Waals surface area contributed by atoms with Crippen molar-refractivity contribution in [3.05, 3.63) is 85.9 Å². The maximum absolute atomic E-state index is 13.2. The number of benzene rings is 1. The third-order valence-corrected chi connectivity index (χ3v) is 6.04. The number of hydrogen-bond acceptors (Lipinski definition) is 7. The number of dihydropyridines is 1. The zero-order valence-corrected chi connectivity index (χ0v) is 19.8. The molecule has 0 amide bonds. The maximum Gasteiger partial charge on any atom is 0.337 e. The molecule has 0 saturated heterocycles. The van der Waals surface area contributed by atoms with Gasteiger partial charge in [-0.15, -0.1) is 11.3 Å². The van der Waals surface area contributed by atoms with E-state index in [1.54, 1.807) is 55.5 Å². The lowest BCUT2D eigenvalue weighted by Gasteiger charge is -2.30. The quantitative estimate of drug-likeness (QED) is 0.403. The highest BCUT2D eigenvalue weighted by Gasteiger charge is 2.38. The number of esters is 2. The van der Waals surface area contributed by atoms with Crippen LogP contribution in [-0.4, -0.2) is 25.2 Å². The molecule has 1 aliphatic heterocycles. The van der Waals surface area contributed by atoms with Crippen molar-refractivity contribution in [3.8, 4) is 6.07 Å². The summed E-state index contributed by atoms with van der Waals surface area (Å²) in [4.78, 5) is 27.2. The molecule has 1 aliphatic rings. The van der Waals surface area contributed by atoms with E-state index in [4.69, 9.17) is 26.3 Å². The molecule has 1 unspecified atom stereocenters. The number of halogens is 1. The minimum Gasteiger partial charge on any atom is -0.461 e. The van der Waals surface area contributed by atoms with Gasteiger partial charge in [0.1, 0.15) is 13.2 Å². The van der Waals surface area contributed by atoms with E-state index >= 15 is 0 Å². The second kappa shape index (κ2) is 11.5. The van der Waals surface area contributed by atoms with Crippen LogP contribution >= 0.6 is 22.9 Å². The third kappa shape index (κ3) is 6.13. The van der Waals surface area contributed by atoms with Crippen molar-refractivity contribution < 1.29 is 19.1 Å². The van der Waals surface area contributed by atoms with Gasteiger partial charge in [-0.2, -0.15) is 5.26 Å². The lowest BCUT2D eigenvalue weighted by molar-refractivity contribution is -0.139. The first-order valence-corrected chi connectivity index (χ1v) is 11.5. The highest BCUT2D eigenvalue weighted by atomic mass is 35.5. The average Bonchev–Trinajstić information content (AvgIpc) is 3.29. The number of carbonyl (C=O) groups is 2. The van der Waals surface area contributed by atoms with Gasteiger partial charge in [0.05, 0.1) is 29.6 Å². The second-order valence-electron chi connectivity index (χ2n) is 7.25. The molecule has 0 radical (unpaired) electrons. The van der Waals surface area contributed by atoms with Crippen LogP contribution in [0.5, 0.6) is 0 Å². The van der Waals surface area contributed by atoms with Crippen LogP contribution in [0.1, 0.15) is 36.6 Å². The Morgan fingerprint density at radius 2 is 1.88 bits per heavy atom. The van der Waals surface area contributed by atoms with Gasteiger partial charge in [-0.25, -0.2) is 9.59 Å². The Bertz CT molecular complexity index is 1160. The van der Waals surface area contributed by atoms with Crippen LogP contribution in [0.2, 0.25) is 5.02 Å². The highest BCUT2D eigenvalue weighted by molar-refractivity contribution is 7.10. The van der Waals surface area contributed by atoms with Crippen molar-refractivity contribution in [3.63, 3.8) is 0 Å². The summed E-state index contributed by atoms with van der Waals surface area (Å²) in [6.07, 6.45) is 3.73. The summed E-state index contributed by atoms with van der Waals surface area (Å²) in [6.45, 7) is 3.55. The Morgan fingerprint density at radius 3 is 2.52 bits per heavy atom. The Morgan fingerprint density at radius 1 is 1.15 bits per heavy atom. The van der Waals surface area contributed by atoms with E-state index in [9.17, 15) is 9.59 Å². The van der Waals surface area contributed by atoms with Gasteiger partial charge in [-0.1, -0.05) is 29.8 Å². The monoisotopic (exact) mass is 482 g/mol. The van der Waals surface area contributed by atoms with Crippen molar-refractivity contribution in [2.45, 2.75) is 26.2 Å². The van der Waals surface area contributed by atoms with E-state index in [0.29, 0.717) is 27.6 Å². The summed E-state index contributed by atoms with van der Waals surface area (Å²) in [5.74, 6) is -1.88. The molecule has 1 aromatic carbocycles. The topological polar surface area (TPSA) is 88.4 Å². The number of carbonyl (C=O) groups excluding carboxylic acids is 2. The number of ether oxygens (including phenoxy) is 2. The Kier molecular flexibility index (Phi) is 8.47. The molecular formula is C25H23ClN2O4S. The Hall–Kier alpha value is -3.34. The molecule has 6 nitrogen and oxygen atoms in total. The van der Waals surface area contributed by atoms with Crippen LogP contribution in [0.25, 0.3) is 6.08 Å². The number of nitriles is 1. The van der Waals surface area contributed by atoms with Crippen LogP contribution in [0.4, 0.5) is 0 Å². The van der Waals surface area contributed by atoms with Crippen molar-refractivity contribution in [2.24, 2.45) is 0 Å². The molecule has 3 rings (SSSR count). The fourth-order valence-corrected chi connectivity index (χ4v) is 4.42. The van der Waals surface area contributed by atoms with Crippen LogP contribution in [0, 0.1) is 11.3 Å². The number of thiophene rings is 1. The molecule has 1 N–H and O–H groups in total. The highest BCUT2D eigenvalue weighted by Crippen LogP contribution is 2.39. The van der Waals surface area contributed by atoms with Crippen LogP contribution in [0.3, 0.4) is 0 Å². The van der Waals surface area contributed by atoms with E-state index < -0.39 is 17.9 Å². The first kappa shape index (κ1) is 24.3. The molecule has 0 spiro atoms. The van der Waals surface area contributed by atoms with Crippen LogP contribution < -0.4 is 5.32 Å². The summed E-state index contributed by atoms with van der Waals surface area (Å²) in [5.41, 5.74) is 2.39. The molecule has 2 aromatic rings. The summed E-state index contributed by atoms with van der Waals surface area (Å²) >= 11 is 7.81. The molecule has 1 aromatic heterocycles. The third-order valence-electron chi connectivity index (χ3n) is 4.97. The molecular weight excluding hydrogens is 460 g/mol. The first-order valence-electron chi connectivity index (χ1n) is 10.3. The molecule has 33 heavy (non-hydrogen) atoms. The number of allylic oxidation sites excluding steroid dienone is 2. The summed E-state index contributed by atoms with van der Waals surface area (Å²) in [7, 11) is 0. The minimum absolute atomic E-state index is 0.0373. The molecule has 170 valence electrons. The van der Waals surface area contributed by atoms with Gasteiger partial charge in [-0.05, 0) is 55.1 Å². The maximum atomic E-state index is 13.2. The average molecular weight is 483 g/mol. The Labute approximate surface area is 201 Å². The first-order chi connectivity index (χ1) is 15.9. The lowest BCUT2D eigenvalue weighted by Crippen LogP contribution is -2.32. The minimum atomic E-state index is -0.728. The fourth-order valence-electron chi connectivity index (χ4n) is 3.57. The van der Waals surface area contributed by atoms with Gasteiger partial charge in [0, 0.05) is 21.3 Å².